The predicted molar refractivity (Wildman–Crippen MR) is 89.3 cm³/mol. The van der Waals surface area contributed by atoms with Gasteiger partial charge >= 0.3 is 0 Å². The van der Waals surface area contributed by atoms with Gasteiger partial charge in [-0.1, -0.05) is 17.7 Å². The highest BCUT2D eigenvalue weighted by atomic mass is 35.5. The maximum absolute atomic E-state index is 13.3. The van der Waals surface area contributed by atoms with Crippen molar-refractivity contribution in [3.05, 3.63) is 62.5 Å². The van der Waals surface area contributed by atoms with E-state index in [1.165, 1.54) is 30.4 Å². The Hall–Kier alpha value is -2.05. The molecule has 23 heavy (non-hydrogen) atoms. The number of carbonyl (C=O) groups excluding carboxylic acids is 1. The van der Waals surface area contributed by atoms with E-state index in [1.807, 2.05) is 12.3 Å². The normalized spacial score (nSPS) is 17.7. The Bertz CT molecular complexity index is 830. The van der Waals surface area contributed by atoms with Crippen molar-refractivity contribution in [2.75, 3.05) is 0 Å². The van der Waals surface area contributed by atoms with Crippen molar-refractivity contribution in [2.45, 2.75) is 19.9 Å². The van der Waals surface area contributed by atoms with Gasteiger partial charge in [0.1, 0.15) is 11.9 Å². The molecule has 1 atom stereocenters. The monoisotopic (exact) mass is 349 g/mol. The minimum absolute atomic E-state index is 0.109. The smallest absolute Gasteiger partial charge is 0.163 e. The lowest BCUT2D eigenvalue weighted by molar-refractivity contribution is -0.113. The third-order valence-electron chi connectivity index (χ3n) is 3.51. The molecule has 0 fully saturated rings. The minimum Gasteiger partial charge on any atom is -0.341 e. The van der Waals surface area contributed by atoms with Gasteiger partial charge in [-0.15, -0.1) is 11.3 Å². The van der Waals surface area contributed by atoms with Gasteiger partial charge in [-0.25, -0.2) is 9.37 Å². The molecule has 1 unspecified atom stereocenters. The molecule has 0 bridgehead atoms. The van der Waals surface area contributed by atoms with Gasteiger partial charge in [-0.2, -0.15) is 0 Å². The van der Waals surface area contributed by atoms with Crippen LogP contribution in [0.15, 0.2) is 46.0 Å². The molecule has 0 radical (unpaired) electrons. The fourth-order valence-electron chi connectivity index (χ4n) is 2.53. The van der Waals surface area contributed by atoms with Crippen LogP contribution in [0.2, 0.25) is 5.02 Å². The van der Waals surface area contributed by atoms with E-state index in [-0.39, 0.29) is 10.8 Å². The molecule has 0 amide bonds. The summed E-state index contributed by atoms with van der Waals surface area (Å²) in [6, 6.07) is 3.52. The molecule has 0 aliphatic carbocycles. The van der Waals surface area contributed by atoms with Crippen molar-refractivity contribution in [2.24, 2.45) is 4.99 Å². The molecular weight excluding hydrogens is 337 g/mol. The first-order chi connectivity index (χ1) is 11.0. The topological polar surface area (TPSA) is 54.4 Å². The first kappa shape index (κ1) is 15.8. The van der Waals surface area contributed by atoms with E-state index >= 15 is 0 Å². The van der Waals surface area contributed by atoms with Crippen molar-refractivity contribution in [3.8, 4) is 0 Å². The summed E-state index contributed by atoms with van der Waals surface area (Å²) in [5.74, 6) is 0.0390. The van der Waals surface area contributed by atoms with Gasteiger partial charge in [0.05, 0.1) is 0 Å². The minimum atomic E-state index is -0.583. The second-order valence-corrected chi connectivity index (χ2v) is 6.40. The Kier molecular flexibility index (Phi) is 4.28. The van der Waals surface area contributed by atoms with E-state index in [2.05, 4.69) is 15.3 Å². The lowest BCUT2D eigenvalue weighted by Gasteiger charge is -2.25. The van der Waals surface area contributed by atoms with Crippen molar-refractivity contribution in [1.82, 2.24) is 10.3 Å². The summed E-state index contributed by atoms with van der Waals surface area (Å²) >= 11 is 7.62. The third-order valence-corrected chi connectivity index (χ3v) is 4.62. The van der Waals surface area contributed by atoms with E-state index in [0.29, 0.717) is 22.7 Å². The first-order valence-electron chi connectivity index (χ1n) is 6.88. The van der Waals surface area contributed by atoms with Crippen LogP contribution in [0.25, 0.3) is 0 Å². The van der Waals surface area contributed by atoms with E-state index in [9.17, 15) is 9.18 Å². The molecule has 1 aliphatic rings. The van der Waals surface area contributed by atoms with E-state index < -0.39 is 11.9 Å². The Morgan fingerprint density at radius 1 is 1.43 bits per heavy atom. The zero-order chi connectivity index (χ0) is 16.6. The molecule has 1 N–H and O–H groups in total. The van der Waals surface area contributed by atoms with E-state index in [4.69, 9.17) is 11.6 Å². The molecule has 0 spiro atoms. The van der Waals surface area contributed by atoms with Gasteiger partial charge in [0.15, 0.2) is 16.6 Å². The SMILES string of the molecule is CC(=O)C1=C(C)NC(c2nccs2)=NC1c1ccc(F)cc1Cl. The molecule has 3 rings (SSSR count). The summed E-state index contributed by atoms with van der Waals surface area (Å²) in [5.41, 5.74) is 1.80. The number of ketones is 1. The second kappa shape index (κ2) is 6.22. The highest BCUT2D eigenvalue weighted by Crippen LogP contribution is 2.36. The van der Waals surface area contributed by atoms with Crippen LogP contribution in [-0.4, -0.2) is 16.6 Å². The van der Waals surface area contributed by atoms with Gasteiger partial charge < -0.3 is 5.32 Å². The number of nitrogens with zero attached hydrogens (tertiary/aromatic N) is 2. The maximum atomic E-state index is 13.3. The number of aliphatic imine (C=N–C) groups is 1. The molecule has 118 valence electrons. The zero-order valence-electron chi connectivity index (χ0n) is 12.4. The molecule has 1 aliphatic heterocycles. The van der Waals surface area contributed by atoms with Crippen LogP contribution in [0.5, 0.6) is 0 Å². The number of carbonyl (C=O) groups is 1. The molecule has 0 saturated carbocycles. The molecule has 2 heterocycles. The number of nitrogens with one attached hydrogen (secondary N) is 1. The number of hydrogen-bond acceptors (Lipinski definition) is 5. The van der Waals surface area contributed by atoms with Gasteiger partial charge in [-0.3, -0.25) is 9.79 Å². The van der Waals surface area contributed by atoms with Crippen LogP contribution >= 0.6 is 22.9 Å². The Balaban J connectivity index is 2.14. The summed E-state index contributed by atoms with van der Waals surface area (Å²) in [6.07, 6.45) is 1.68. The lowest BCUT2D eigenvalue weighted by atomic mass is 9.93. The summed E-state index contributed by atoms with van der Waals surface area (Å²) in [6.45, 7) is 3.29. The molecule has 1 aromatic heterocycles. The highest BCUT2D eigenvalue weighted by Gasteiger charge is 2.29. The molecule has 2 aromatic rings. The number of allylic oxidation sites excluding steroid dienone is 1. The molecule has 4 nitrogen and oxygen atoms in total. The van der Waals surface area contributed by atoms with Gasteiger partial charge in [-0.05, 0) is 26.0 Å². The van der Waals surface area contributed by atoms with Crippen LogP contribution in [0.4, 0.5) is 4.39 Å². The number of benzene rings is 1. The average molecular weight is 350 g/mol. The molecule has 0 saturated heterocycles. The second-order valence-electron chi connectivity index (χ2n) is 5.10. The lowest BCUT2D eigenvalue weighted by Crippen LogP contribution is -2.31. The number of amidine groups is 1. The van der Waals surface area contributed by atoms with Crippen LogP contribution < -0.4 is 5.32 Å². The molecule has 1 aromatic carbocycles. The van der Waals surface area contributed by atoms with Gasteiger partial charge in [0, 0.05) is 33.4 Å². The van der Waals surface area contributed by atoms with Gasteiger partial charge in [0.2, 0.25) is 0 Å². The van der Waals surface area contributed by atoms with Crippen molar-refractivity contribution in [3.63, 3.8) is 0 Å². The standard InChI is InChI=1S/C16H13ClFN3OS/c1-8-13(9(2)22)14(11-4-3-10(18)7-12(11)17)21-15(20-8)16-19-5-6-23-16/h3-7,14H,1-2H3,(H,20,21). The fourth-order valence-corrected chi connectivity index (χ4v) is 3.39. The number of thiazole rings is 1. The van der Waals surface area contributed by atoms with Crippen molar-refractivity contribution >= 4 is 34.6 Å². The fraction of sp³-hybridized carbons (Fsp3) is 0.188. The van der Waals surface area contributed by atoms with E-state index in [1.54, 1.807) is 12.3 Å². The van der Waals surface area contributed by atoms with Crippen LogP contribution in [0.3, 0.4) is 0 Å². The number of halogens is 2. The van der Waals surface area contributed by atoms with Crippen LogP contribution in [0, 0.1) is 5.82 Å². The highest BCUT2D eigenvalue weighted by molar-refractivity contribution is 7.11. The number of hydrogen-bond donors (Lipinski definition) is 1. The molecule has 7 heteroatoms. The Morgan fingerprint density at radius 3 is 2.83 bits per heavy atom. The summed E-state index contributed by atoms with van der Waals surface area (Å²) in [4.78, 5) is 20.9. The summed E-state index contributed by atoms with van der Waals surface area (Å²) < 4.78 is 13.3. The van der Waals surface area contributed by atoms with Crippen molar-refractivity contribution in [1.29, 1.82) is 0 Å². The zero-order valence-corrected chi connectivity index (χ0v) is 14.0. The van der Waals surface area contributed by atoms with E-state index in [0.717, 1.165) is 5.01 Å². The van der Waals surface area contributed by atoms with Crippen LogP contribution in [-0.2, 0) is 4.79 Å². The van der Waals surface area contributed by atoms with Gasteiger partial charge in [0.25, 0.3) is 0 Å². The number of Topliss-reactive ketones (excluding diaryl/α,β-unsaturated/α-hetero) is 1. The number of aromatic nitrogens is 1. The largest absolute Gasteiger partial charge is 0.341 e. The quantitative estimate of drug-likeness (QED) is 0.914. The maximum Gasteiger partial charge on any atom is 0.163 e. The third kappa shape index (κ3) is 3.04. The average Bonchev–Trinajstić information content (AvgIpc) is 3.00. The predicted octanol–water partition coefficient (Wildman–Crippen LogP) is 3.89. The van der Waals surface area contributed by atoms with Crippen molar-refractivity contribution < 1.29 is 9.18 Å². The number of rotatable bonds is 3. The summed E-state index contributed by atoms with van der Waals surface area (Å²) in [7, 11) is 0. The first-order valence-corrected chi connectivity index (χ1v) is 8.14. The Morgan fingerprint density at radius 2 is 2.22 bits per heavy atom. The Labute approximate surface area is 141 Å². The molecular formula is C16H13ClFN3OS. The summed E-state index contributed by atoms with van der Waals surface area (Å²) in [5, 5.41) is 5.93. The van der Waals surface area contributed by atoms with Crippen LogP contribution in [0.1, 0.15) is 30.5 Å².